The second-order valence-electron chi connectivity index (χ2n) is 10.6. The van der Waals surface area contributed by atoms with Gasteiger partial charge in [-0.05, 0) is 55.4 Å². The first-order chi connectivity index (χ1) is 18.5. The number of hydrogen-bond donors (Lipinski definition) is 3. The molecular formula is C29H38F2N2O6. The highest BCUT2D eigenvalue weighted by Crippen LogP contribution is 2.51. The maximum Gasteiger partial charge on any atom is 0.324 e. The van der Waals surface area contributed by atoms with Crippen molar-refractivity contribution in [1.82, 2.24) is 10.2 Å². The fraction of sp³-hybridized carbons (Fsp3) is 0.552. The van der Waals surface area contributed by atoms with Crippen LogP contribution in [0.3, 0.4) is 0 Å². The summed E-state index contributed by atoms with van der Waals surface area (Å²) < 4.78 is 44.9. The van der Waals surface area contributed by atoms with Crippen LogP contribution in [-0.4, -0.2) is 66.3 Å². The number of rotatable bonds is 14. The second-order valence-corrected chi connectivity index (χ2v) is 10.6. The van der Waals surface area contributed by atoms with E-state index in [1.807, 2.05) is 50.2 Å². The molecule has 0 aromatic heterocycles. The number of ether oxygens (including phenoxy) is 3. The SMILES string of the molecule is COc1cc([C@@H](C)N(CCOCc2ccccc2)C(O)NC2(C(=O)O)CC(F)(F)C2)c(C)c(OC)c1C1CC1. The number of benzene rings is 2. The molecule has 2 aliphatic rings. The van der Waals surface area contributed by atoms with E-state index in [4.69, 9.17) is 14.2 Å². The van der Waals surface area contributed by atoms with E-state index >= 15 is 0 Å². The first kappa shape index (κ1) is 29.2. The number of methoxy groups -OCH3 is 2. The van der Waals surface area contributed by atoms with Gasteiger partial charge in [0.05, 0.1) is 27.4 Å². The molecule has 0 saturated heterocycles. The maximum atomic E-state index is 13.8. The van der Waals surface area contributed by atoms with Gasteiger partial charge in [-0.25, -0.2) is 8.78 Å². The number of aliphatic hydroxyl groups is 1. The van der Waals surface area contributed by atoms with Gasteiger partial charge in [0.1, 0.15) is 17.0 Å². The average Bonchev–Trinajstić information content (AvgIpc) is 3.72. The molecule has 0 bridgehead atoms. The Morgan fingerprint density at radius 1 is 1.18 bits per heavy atom. The number of aliphatic carboxylic acids is 1. The van der Waals surface area contributed by atoms with Crippen molar-refractivity contribution in [1.29, 1.82) is 0 Å². The van der Waals surface area contributed by atoms with Crippen LogP contribution in [0.15, 0.2) is 36.4 Å². The third kappa shape index (κ3) is 6.35. The van der Waals surface area contributed by atoms with Crippen molar-refractivity contribution in [3.63, 3.8) is 0 Å². The largest absolute Gasteiger partial charge is 0.496 e. The van der Waals surface area contributed by atoms with Gasteiger partial charge >= 0.3 is 5.97 Å². The molecule has 2 saturated carbocycles. The van der Waals surface area contributed by atoms with Crippen LogP contribution in [0.4, 0.5) is 8.78 Å². The van der Waals surface area contributed by atoms with Gasteiger partial charge in [0.2, 0.25) is 0 Å². The summed E-state index contributed by atoms with van der Waals surface area (Å²) in [5.41, 5.74) is 1.76. The highest BCUT2D eigenvalue weighted by molar-refractivity contribution is 5.80. The smallest absolute Gasteiger partial charge is 0.324 e. The van der Waals surface area contributed by atoms with Crippen molar-refractivity contribution >= 4 is 5.97 Å². The average molecular weight is 549 g/mol. The van der Waals surface area contributed by atoms with Gasteiger partial charge in [-0.15, -0.1) is 0 Å². The molecule has 0 amide bonds. The van der Waals surface area contributed by atoms with Crippen molar-refractivity contribution in [3.8, 4) is 11.5 Å². The van der Waals surface area contributed by atoms with Crippen LogP contribution in [0, 0.1) is 6.92 Å². The standard InChI is InChI=1S/C29H38F2N2O6/c1-18-22(14-23(37-3)24(21-10-11-21)25(18)38-4)19(2)33(12-13-39-15-20-8-6-5-7-9-20)27(36)32-28(26(34)35)16-29(30,31)17-28/h5-9,14,19,21,27,32,36H,10-13,15-17H2,1-4H3,(H,34,35)/t19-,27?/m1/s1. The van der Waals surface area contributed by atoms with E-state index in [1.165, 1.54) is 0 Å². The molecule has 2 atom stereocenters. The van der Waals surface area contributed by atoms with E-state index in [2.05, 4.69) is 5.32 Å². The number of nitrogens with one attached hydrogen (secondary N) is 1. The van der Waals surface area contributed by atoms with Gasteiger partial charge in [0, 0.05) is 31.0 Å². The monoisotopic (exact) mass is 548 g/mol. The fourth-order valence-electron chi connectivity index (χ4n) is 5.51. The van der Waals surface area contributed by atoms with Crippen LogP contribution < -0.4 is 14.8 Å². The minimum Gasteiger partial charge on any atom is -0.496 e. The van der Waals surface area contributed by atoms with E-state index in [1.54, 1.807) is 19.1 Å². The van der Waals surface area contributed by atoms with Gasteiger partial charge < -0.3 is 24.4 Å². The lowest BCUT2D eigenvalue weighted by Gasteiger charge is -2.47. The Labute approximate surface area is 227 Å². The summed E-state index contributed by atoms with van der Waals surface area (Å²) in [6.07, 6.45) is -1.22. The van der Waals surface area contributed by atoms with Crippen molar-refractivity contribution in [2.75, 3.05) is 27.4 Å². The molecule has 0 spiro atoms. The summed E-state index contributed by atoms with van der Waals surface area (Å²) in [6, 6.07) is 11.1. The molecule has 0 heterocycles. The van der Waals surface area contributed by atoms with Gasteiger partial charge in [-0.2, -0.15) is 0 Å². The molecule has 10 heteroatoms. The van der Waals surface area contributed by atoms with Gasteiger partial charge in [0.15, 0.2) is 6.35 Å². The van der Waals surface area contributed by atoms with E-state index in [-0.39, 0.29) is 13.2 Å². The molecule has 2 aliphatic carbocycles. The molecule has 214 valence electrons. The van der Waals surface area contributed by atoms with Crippen molar-refractivity contribution in [2.24, 2.45) is 0 Å². The number of carbonyl (C=O) groups is 1. The van der Waals surface area contributed by atoms with E-state index in [0.29, 0.717) is 18.3 Å². The summed E-state index contributed by atoms with van der Waals surface area (Å²) >= 11 is 0. The molecule has 8 nitrogen and oxygen atoms in total. The minimum absolute atomic E-state index is 0.197. The Balaban J connectivity index is 1.60. The summed E-state index contributed by atoms with van der Waals surface area (Å²) in [5.74, 6) is -2.75. The topological polar surface area (TPSA) is 100 Å². The molecule has 2 aromatic carbocycles. The molecule has 4 rings (SSSR count). The third-order valence-corrected chi connectivity index (χ3v) is 7.78. The van der Waals surface area contributed by atoms with E-state index in [0.717, 1.165) is 40.8 Å². The van der Waals surface area contributed by atoms with E-state index < -0.39 is 42.7 Å². The zero-order chi connectivity index (χ0) is 28.4. The van der Waals surface area contributed by atoms with Crippen LogP contribution >= 0.6 is 0 Å². The third-order valence-electron chi connectivity index (χ3n) is 7.78. The Kier molecular flexibility index (Phi) is 8.80. The maximum absolute atomic E-state index is 13.8. The normalized spacial score (nSPS) is 19.3. The summed E-state index contributed by atoms with van der Waals surface area (Å²) in [4.78, 5) is 13.6. The van der Waals surface area contributed by atoms with Crippen molar-refractivity contribution < 1.29 is 38.0 Å². The van der Waals surface area contributed by atoms with Crippen LogP contribution in [0.5, 0.6) is 11.5 Å². The molecule has 0 aliphatic heterocycles. The van der Waals surface area contributed by atoms with Gasteiger partial charge in [0.25, 0.3) is 5.92 Å². The predicted octanol–water partition coefficient (Wildman–Crippen LogP) is 4.59. The van der Waals surface area contributed by atoms with Gasteiger partial charge in [-0.3, -0.25) is 15.0 Å². The Morgan fingerprint density at radius 2 is 1.85 bits per heavy atom. The highest BCUT2D eigenvalue weighted by Gasteiger charge is 2.62. The fourth-order valence-corrected chi connectivity index (χ4v) is 5.51. The lowest BCUT2D eigenvalue weighted by Crippen LogP contribution is -2.69. The van der Waals surface area contributed by atoms with Crippen LogP contribution in [0.2, 0.25) is 0 Å². The number of carboxylic acid groups (broad SMARTS) is 1. The minimum atomic E-state index is -3.10. The van der Waals surface area contributed by atoms with Gasteiger partial charge in [-0.1, -0.05) is 30.3 Å². The highest BCUT2D eigenvalue weighted by atomic mass is 19.3. The number of aliphatic hydroxyl groups excluding tert-OH is 1. The van der Waals surface area contributed by atoms with Crippen LogP contribution in [0.25, 0.3) is 0 Å². The Hall–Kier alpha value is -2.79. The van der Waals surface area contributed by atoms with Crippen LogP contribution in [-0.2, 0) is 16.1 Å². The summed E-state index contributed by atoms with van der Waals surface area (Å²) in [7, 11) is 3.21. The number of carboxylic acids is 1. The molecule has 39 heavy (non-hydrogen) atoms. The van der Waals surface area contributed by atoms with Crippen molar-refractivity contribution in [2.45, 2.75) is 75.9 Å². The molecule has 1 unspecified atom stereocenters. The first-order valence-corrected chi connectivity index (χ1v) is 13.2. The molecular weight excluding hydrogens is 510 g/mol. The second kappa shape index (κ2) is 11.8. The molecule has 2 fully saturated rings. The number of halogens is 2. The Bertz CT molecular complexity index is 1150. The predicted molar refractivity (Wildman–Crippen MR) is 141 cm³/mol. The number of nitrogens with zero attached hydrogens (tertiary/aromatic N) is 1. The summed E-state index contributed by atoms with van der Waals surface area (Å²) in [6.45, 7) is 4.56. The first-order valence-electron chi connectivity index (χ1n) is 13.2. The summed E-state index contributed by atoms with van der Waals surface area (Å²) in [5, 5.41) is 23.6. The quantitative estimate of drug-likeness (QED) is 0.233. The van der Waals surface area contributed by atoms with Crippen LogP contribution in [0.1, 0.15) is 66.8 Å². The Morgan fingerprint density at radius 3 is 2.38 bits per heavy atom. The van der Waals surface area contributed by atoms with E-state index in [9.17, 15) is 23.8 Å². The molecule has 0 radical (unpaired) electrons. The van der Waals surface area contributed by atoms with Crippen molar-refractivity contribution in [3.05, 3.63) is 58.7 Å². The molecule has 2 aromatic rings. The lowest BCUT2D eigenvalue weighted by molar-refractivity contribution is -0.192. The number of hydrogen-bond acceptors (Lipinski definition) is 7. The lowest BCUT2D eigenvalue weighted by atomic mass is 9.73. The zero-order valence-corrected chi connectivity index (χ0v) is 22.9. The molecule has 3 N–H and O–H groups in total. The zero-order valence-electron chi connectivity index (χ0n) is 22.9. The number of alkyl halides is 2.